The molecule has 4 nitrogen and oxygen atoms in total. The van der Waals surface area contributed by atoms with E-state index in [0.717, 1.165) is 40.0 Å². The summed E-state index contributed by atoms with van der Waals surface area (Å²) in [5, 5.41) is 5.91. The van der Waals surface area contributed by atoms with Crippen LogP contribution in [0.3, 0.4) is 0 Å². The summed E-state index contributed by atoms with van der Waals surface area (Å²) >= 11 is 5.99. The zero-order valence-electron chi connectivity index (χ0n) is 16.5. The third kappa shape index (κ3) is 4.56. The van der Waals surface area contributed by atoms with Gasteiger partial charge in [-0.1, -0.05) is 41.9 Å². The maximum atomic E-state index is 12.7. The van der Waals surface area contributed by atoms with Gasteiger partial charge in [0, 0.05) is 39.9 Å². The van der Waals surface area contributed by atoms with Gasteiger partial charge < -0.3 is 4.57 Å². The lowest BCUT2D eigenvalue weighted by Gasteiger charge is -2.09. The average molecular weight is 443 g/mol. The largest absolute Gasteiger partial charge is 0.417 e. The number of alkyl halides is 3. The molecule has 0 bridgehead atoms. The van der Waals surface area contributed by atoms with Gasteiger partial charge in [0.15, 0.2) is 0 Å². The van der Waals surface area contributed by atoms with Crippen LogP contribution in [0.5, 0.6) is 0 Å². The van der Waals surface area contributed by atoms with E-state index in [1.165, 1.54) is 6.07 Å². The Morgan fingerprint density at radius 1 is 1.06 bits per heavy atom. The highest BCUT2D eigenvalue weighted by Crippen LogP contribution is 2.29. The number of hydrazone groups is 1. The summed E-state index contributed by atoms with van der Waals surface area (Å²) in [6.45, 7) is 2.68. The van der Waals surface area contributed by atoms with Crippen LogP contribution in [0.1, 0.15) is 22.4 Å². The third-order valence-electron chi connectivity index (χ3n) is 5.00. The molecule has 158 valence electrons. The van der Waals surface area contributed by atoms with E-state index in [0.29, 0.717) is 11.6 Å². The average Bonchev–Trinajstić information content (AvgIpc) is 3.01. The minimum Gasteiger partial charge on any atom is -0.340 e. The Labute approximate surface area is 182 Å². The molecule has 0 aliphatic rings. The summed E-state index contributed by atoms with van der Waals surface area (Å²) < 4.78 is 40.2. The van der Waals surface area contributed by atoms with Crippen LogP contribution in [0.2, 0.25) is 5.02 Å². The Balaban J connectivity index is 1.60. The number of rotatable bonds is 5. The van der Waals surface area contributed by atoms with Gasteiger partial charge in [0.25, 0.3) is 0 Å². The van der Waals surface area contributed by atoms with Gasteiger partial charge >= 0.3 is 6.18 Å². The molecule has 2 aromatic carbocycles. The van der Waals surface area contributed by atoms with Gasteiger partial charge in [0.1, 0.15) is 5.82 Å². The lowest BCUT2D eigenvalue weighted by atomic mass is 10.1. The first-order chi connectivity index (χ1) is 14.8. The SMILES string of the molecule is Cc1c(/C=N\Nc2ccc(C(F)(F)F)cn2)c2ccccc2n1Cc1ccc(Cl)cc1. The number of aromatic nitrogens is 2. The van der Waals surface area contributed by atoms with E-state index < -0.39 is 11.7 Å². The summed E-state index contributed by atoms with van der Waals surface area (Å²) in [5.74, 6) is 0.229. The van der Waals surface area contributed by atoms with E-state index in [9.17, 15) is 13.2 Å². The monoisotopic (exact) mass is 442 g/mol. The standard InChI is InChI=1S/C23H18ClF3N4/c1-15-20(13-29-30-22-11-8-17(12-28-22)23(25,26)27)19-4-2-3-5-21(19)31(15)14-16-6-9-18(24)10-7-16/h2-13H,14H2,1H3,(H,28,30)/b29-13-. The Morgan fingerprint density at radius 2 is 1.81 bits per heavy atom. The van der Waals surface area contributed by atoms with Crippen molar-refractivity contribution in [3.8, 4) is 0 Å². The first kappa shape index (κ1) is 20.9. The predicted octanol–water partition coefficient (Wildman–Crippen LogP) is 6.51. The van der Waals surface area contributed by atoms with Crippen molar-refractivity contribution in [1.29, 1.82) is 0 Å². The van der Waals surface area contributed by atoms with Gasteiger partial charge in [0.05, 0.1) is 11.8 Å². The highest BCUT2D eigenvalue weighted by molar-refractivity contribution is 6.30. The maximum Gasteiger partial charge on any atom is 0.417 e. The van der Waals surface area contributed by atoms with E-state index in [4.69, 9.17) is 11.6 Å². The second kappa shape index (κ2) is 8.43. The van der Waals surface area contributed by atoms with Crippen molar-refractivity contribution in [3.63, 3.8) is 0 Å². The number of pyridine rings is 1. The molecule has 0 spiro atoms. The number of fused-ring (bicyclic) bond motifs is 1. The van der Waals surface area contributed by atoms with E-state index in [2.05, 4.69) is 20.1 Å². The molecule has 0 aliphatic heterocycles. The fourth-order valence-electron chi connectivity index (χ4n) is 3.39. The van der Waals surface area contributed by atoms with Gasteiger partial charge in [-0.05, 0) is 42.8 Å². The molecule has 0 radical (unpaired) electrons. The fraction of sp³-hybridized carbons (Fsp3) is 0.130. The normalized spacial score (nSPS) is 12.0. The first-order valence-corrected chi connectivity index (χ1v) is 9.85. The number of halogens is 4. The van der Waals surface area contributed by atoms with Crippen LogP contribution in [0.25, 0.3) is 10.9 Å². The maximum absolute atomic E-state index is 12.7. The van der Waals surface area contributed by atoms with Gasteiger partial charge in [-0.25, -0.2) is 4.98 Å². The van der Waals surface area contributed by atoms with Gasteiger partial charge in [-0.2, -0.15) is 18.3 Å². The molecule has 2 aromatic heterocycles. The molecule has 0 aliphatic carbocycles. The highest BCUT2D eigenvalue weighted by atomic mass is 35.5. The molecule has 0 fully saturated rings. The summed E-state index contributed by atoms with van der Waals surface area (Å²) in [4.78, 5) is 3.77. The minimum atomic E-state index is -4.42. The summed E-state index contributed by atoms with van der Waals surface area (Å²) in [7, 11) is 0. The Morgan fingerprint density at radius 3 is 2.48 bits per heavy atom. The second-order valence-electron chi connectivity index (χ2n) is 7.03. The number of nitrogens with zero attached hydrogens (tertiary/aromatic N) is 3. The summed E-state index contributed by atoms with van der Waals surface area (Å²) in [6.07, 6.45) is -1.98. The number of hydrogen-bond acceptors (Lipinski definition) is 3. The predicted molar refractivity (Wildman–Crippen MR) is 118 cm³/mol. The number of anilines is 1. The van der Waals surface area contributed by atoms with Gasteiger partial charge in [-0.3, -0.25) is 5.43 Å². The zero-order valence-corrected chi connectivity index (χ0v) is 17.2. The summed E-state index contributed by atoms with van der Waals surface area (Å²) in [6, 6.07) is 17.9. The van der Waals surface area contributed by atoms with Gasteiger partial charge in [-0.15, -0.1) is 0 Å². The molecule has 4 aromatic rings. The lowest BCUT2D eigenvalue weighted by Crippen LogP contribution is -2.05. The molecule has 0 amide bonds. The number of benzene rings is 2. The van der Waals surface area contributed by atoms with Crippen molar-refractivity contribution < 1.29 is 13.2 Å². The molecular weight excluding hydrogens is 425 g/mol. The minimum absolute atomic E-state index is 0.229. The van der Waals surface area contributed by atoms with Crippen molar-refractivity contribution in [2.24, 2.45) is 5.10 Å². The topological polar surface area (TPSA) is 42.2 Å². The van der Waals surface area contributed by atoms with E-state index in [-0.39, 0.29) is 5.82 Å². The van der Waals surface area contributed by atoms with Crippen LogP contribution >= 0.6 is 11.6 Å². The van der Waals surface area contributed by atoms with Crippen LogP contribution in [0, 0.1) is 6.92 Å². The smallest absolute Gasteiger partial charge is 0.340 e. The molecule has 1 N–H and O–H groups in total. The number of nitrogens with one attached hydrogen (secondary N) is 1. The van der Waals surface area contributed by atoms with Crippen molar-refractivity contribution in [2.75, 3.05) is 5.43 Å². The molecule has 4 rings (SSSR count). The zero-order chi connectivity index (χ0) is 22.0. The molecule has 2 heterocycles. The quantitative estimate of drug-likeness (QED) is 0.283. The van der Waals surface area contributed by atoms with Crippen molar-refractivity contribution in [1.82, 2.24) is 9.55 Å². The van der Waals surface area contributed by atoms with E-state index >= 15 is 0 Å². The van der Waals surface area contributed by atoms with Crippen molar-refractivity contribution in [3.05, 3.63) is 94.3 Å². The van der Waals surface area contributed by atoms with Crippen LogP contribution in [0.15, 0.2) is 72.0 Å². The first-order valence-electron chi connectivity index (χ1n) is 9.47. The molecule has 0 unspecified atom stereocenters. The molecule has 8 heteroatoms. The second-order valence-corrected chi connectivity index (χ2v) is 7.47. The Hall–Kier alpha value is -3.32. The fourth-order valence-corrected chi connectivity index (χ4v) is 3.51. The lowest BCUT2D eigenvalue weighted by molar-refractivity contribution is -0.137. The molecule has 0 saturated heterocycles. The Bertz CT molecular complexity index is 1230. The molecular formula is C23H18ClF3N4. The van der Waals surface area contributed by atoms with Crippen molar-refractivity contribution in [2.45, 2.75) is 19.6 Å². The van der Waals surface area contributed by atoms with E-state index in [1.54, 1.807) is 6.21 Å². The van der Waals surface area contributed by atoms with Crippen LogP contribution < -0.4 is 5.43 Å². The third-order valence-corrected chi connectivity index (χ3v) is 5.25. The molecule has 0 atom stereocenters. The van der Waals surface area contributed by atoms with Crippen LogP contribution in [-0.2, 0) is 12.7 Å². The Kier molecular flexibility index (Phi) is 5.69. The van der Waals surface area contributed by atoms with Gasteiger partial charge in [0.2, 0.25) is 0 Å². The van der Waals surface area contributed by atoms with Crippen molar-refractivity contribution >= 4 is 34.5 Å². The molecule has 0 saturated carbocycles. The number of para-hydroxylation sites is 1. The highest BCUT2D eigenvalue weighted by Gasteiger charge is 2.30. The van der Waals surface area contributed by atoms with E-state index in [1.807, 2.05) is 55.5 Å². The number of hydrogen-bond donors (Lipinski definition) is 1. The molecule has 31 heavy (non-hydrogen) atoms. The van der Waals surface area contributed by atoms with Crippen LogP contribution in [0.4, 0.5) is 19.0 Å². The van der Waals surface area contributed by atoms with Crippen LogP contribution in [-0.4, -0.2) is 15.8 Å². The summed E-state index contributed by atoms with van der Waals surface area (Å²) in [5.41, 5.74) is 6.00.